The number of aliphatic hydroxyl groups excluding tert-OH is 1. The molecule has 0 aliphatic carbocycles. The van der Waals surface area contributed by atoms with E-state index in [1.54, 1.807) is 0 Å². The van der Waals surface area contributed by atoms with E-state index in [0.29, 0.717) is 0 Å². The summed E-state index contributed by atoms with van der Waals surface area (Å²) in [6.45, 7) is 0.934. The predicted octanol–water partition coefficient (Wildman–Crippen LogP) is -0.0792. The Hall–Kier alpha value is -0.860. The fourth-order valence-corrected chi connectivity index (χ4v) is 0.811. The number of hydrogen-bond donors (Lipinski definition) is 2. The van der Waals surface area contributed by atoms with Crippen molar-refractivity contribution >= 4 is 0 Å². The average molecular weight is 138 g/mol. The van der Waals surface area contributed by atoms with Gasteiger partial charge in [0.15, 0.2) is 0 Å². The van der Waals surface area contributed by atoms with E-state index in [1.807, 2.05) is 24.3 Å². The van der Waals surface area contributed by atoms with Crippen LogP contribution >= 0.6 is 0 Å². The fraction of sp³-hybridized carbons (Fsp3) is 0.250. The standard InChI is InChI=1S/C8H11NO/c9-5-7-1-3-8(6-10)4-2-7/h1-4,10H,5-6,9H2/p+1. The van der Waals surface area contributed by atoms with Gasteiger partial charge in [0.05, 0.1) is 13.2 Å². The Labute approximate surface area is 60.3 Å². The molecule has 0 bridgehead atoms. The number of benzene rings is 1. The molecule has 0 aliphatic heterocycles. The lowest BCUT2D eigenvalue weighted by molar-refractivity contribution is -0.386. The van der Waals surface area contributed by atoms with Crippen molar-refractivity contribution in [3.63, 3.8) is 0 Å². The van der Waals surface area contributed by atoms with Gasteiger partial charge in [0.1, 0.15) is 0 Å². The second-order valence-electron chi connectivity index (χ2n) is 2.22. The van der Waals surface area contributed by atoms with Crippen molar-refractivity contribution in [1.82, 2.24) is 0 Å². The molecule has 10 heavy (non-hydrogen) atoms. The number of hydrogen-bond acceptors (Lipinski definition) is 1. The van der Waals surface area contributed by atoms with Crippen LogP contribution in [0.15, 0.2) is 24.3 Å². The van der Waals surface area contributed by atoms with Gasteiger partial charge < -0.3 is 10.8 Å². The van der Waals surface area contributed by atoms with Crippen molar-refractivity contribution in [1.29, 1.82) is 0 Å². The van der Waals surface area contributed by atoms with E-state index in [4.69, 9.17) is 5.11 Å². The van der Waals surface area contributed by atoms with Crippen LogP contribution in [0, 0.1) is 0 Å². The molecule has 0 radical (unpaired) electrons. The lowest BCUT2D eigenvalue weighted by Gasteiger charge is -1.95. The van der Waals surface area contributed by atoms with Crippen LogP contribution in [0.2, 0.25) is 0 Å². The summed E-state index contributed by atoms with van der Waals surface area (Å²) in [5.41, 5.74) is 5.91. The molecular weight excluding hydrogens is 126 g/mol. The van der Waals surface area contributed by atoms with E-state index in [0.717, 1.165) is 12.1 Å². The van der Waals surface area contributed by atoms with E-state index < -0.39 is 0 Å². The predicted molar refractivity (Wildman–Crippen MR) is 39.0 cm³/mol. The lowest BCUT2D eigenvalue weighted by Crippen LogP contribution is -2.47. The minimum atomic E-state index is 0.122. The number of quaternary nitrogens is 1. The van der Waals surface area contributed by atoms with Gasteiger partial charge in [-0.1, -0.05) is 24.3 Å². The van der Waals surface area contributed by atoms with Crippen LogP contribution in [0.1, 0.15) is 11.1 Å². The second kappa shape index (κ2) is 3.34. The van der Waals surface area contributed by atoms with Gasteiger partial charge in [-0.3, -0.25) is 0 Å². The molecule has 0 aliphatic rings. The Morgan fingerprint density at radius 3 is 2.00 bits per heavy atom. The molecule has 0 heterocycles. The molecular formula is C8H12NO+. The molecule has 0 amide bonds. The van der Waals surface area contributed by atoms with Crippen molar-refractivity contribution in [3.05, 3.63) is 35.4 Å². The topological polar surface area (TPSA) is 47.9 Å². The van der Waals surface area contributed by atoms with Gasteiger partial charge in [-0.05, 0) is 5.56 Å². The maximum absolute atomic E-state index is 8.69. The Balaban J connectivity index is 2.80. The highest BCUT2D eigenvalue weighted by atomic mass is 16.3. The van der Waals surface area contributed by atoms with E-state index in [1.165, 1.54) is 5.56 Å². The molecule has 0 saturated heterocycles. The summed E-state index contributed by atoms with van der Waals surface area (Å²) < 4.78 is 0. The van der Waals surface area contributed by atoms with Crippen LogP contribution in [-0.4, -0.2) is 5.11 Å². The van der Waals surface area contributed by atoms with Gasteiger partial charge in [-0.25, -0.2) is 0 Å². The molecule has 0 unspecified atom stereocenters. The monoisotopic (exact) mass is 138 g/mol. The van der Waals surface area contributed by atoms with Crippen molar-refractivity contribution in [2.24, 2.45) is 0 Å². The van der Waals surface area contributed by atoms with Gasteiger partial charge in [0.2, 0.25) is 0 Å². The molecule has 4 N–H and O–H groups in total. The highest BCUT2D eigenvalue weighted by Gasteiger charge is 1.90. The highest BCUT2D eigenvalue weighted by Crippen LogP contribution is 2.01. The normalized spacial score (nSPS) is 9.80. The first-order valence-electron chi connectivity index (χ1n) is 3.34. The quantitative estimate of drug-likeness (QED) is 0.590. The molecule has 2 heteroatoms. The van der Waals surface area contributed by atoms with Crippen molar-refractivity contribution < 1.29 is 10.8 Å². The van der Waals surface area contributed by atoms with E-state index in [-0.39, 0.29) is 6.61 Å². The molecule has 54 valence electrons. The molecule has 0 spiro atoms. The number of rotatable bonds is 2. The smallest absolute Gasteiger partial charge is 0.0997 e. The first kappa shape index (κ1) is 7.25. The SMILES string of the molecule is [NH3+]Cc1ccc(CO)cc1. The summed E-state index contributed by atoms with van der Waals surface area (Å²) >= 11 is 0. The van der Waals surface area contributed by atoms with Crippen LogP contribution in [0.4, 0.5) is 0 Å². The van der Waals surface area contributed by atoms with Crippen LogP contribution in [0.5, 0.6) is 0 Å². The third-order valence-corrected chi connectivity index (χ3v) is 1.49. The summed E-state index contributed by atoms with van der Waals surface area (Å²) in [4.78, 5) is 0. The number of aliphatic hydroxyl groups is 1. The van der Waals surface area contributed by atoms with Crippen LogP contribution in [-0.2, 0) is 13.2 Å². The molecule has 1 aromatic rings. The van der Waals surface area contributed by atoms with Gasteiger partial charge >= 0.3 is 0 Å². The van der Waals surface area contributed by atoms with Crippen LogP contribution in [0.25, 0.3) is 0 Å². The van der Waals surface area contributed by atoms with Crippen molar-refractivity contribution in [2.75, 3.05) is 0 Å². The molecule has 0 atom stereocenters. The third kappa shape index (κ3) is 1.56. The molecule has 0 saturated carbocycles. The Kier molecular flexibility index (Phi) is 2.42. The van der Waals surface area contributed by atoms with Crippen molar-refractivity contribution in [3.8, 4) is 0 Å². The third-order valence-electron chi connectivity index (χ3n) is 1.49. The molecule has 1 aromatic carbocycles. The van der Waals surface area contributed by atoms with Gasteiger partial charge in [0, 0.05) is 5.56 Å². The molecule has 0 aromatic heterocycles. The highest BCUT2D eigenvalue weighted by molar-refractivity contribution is 5.20. The maximum Gasteiger partial charge on any atom is 0.0997 e. The van der Waals surface area contributed by atoms with E-state index in [9.17, 15) is 0 Å². The summed E-state index contributed by atoms with van der Waals surface area (Å²) in [5, 5.41) is 8.69. The first-order chi connectivity index (χ1) is 4.86. The summed E-state index contributed by atoms with van der Waals surface area (Å²) in [6, 6.07) is 7.80. The maximum atomic E-state index is 8.69. The average Bonchev–Trinajstić information content (AvgIpc) is 2.05. The van der Waals surface area contributed by atoms with Crippen LogP contribution < -0.4 is 5.73 Å². The second-order valence-corrected chi connectivity index (χ2v) is 2.22. The summed E-state index contributed by atoms with van der Waals surface area (Å²) in [6.07, 6.45) is 0. The van der Waals surface area contributed by atoms with E-state index in [2.05, 4.69) is 5.73 Å². The zero-order valence-corrected chi connectivity index (χ0v) is 5.88. The molecule has 2 nitrogen and oxygen atoms in total. The lowest BCUT2D eigenvalue weighted by atomic mass is 10.1. The Morgan fingerprint density at radius 2 is 1.60 bits per heavy atom. The van der Waals surface area contributed by atoms with Crippen molar-refractivity contribution in [2.45, 2.75) is 13.2 Å². The largest absolute Gasteiger partial charge is 0.392 e. The fourth-order valence-electron chi connectivity index (χ4n) is 0.811. The zero-order chi connectivity index (χ0) is 7.40. The first-order valence-corrected chi connectivity index (χ1v) is 3.34. The Morgan fingerprint density at radius 1 is 1.10 bits per heavy atom. The molecule has 0 fully saturated rings. The minimum Gasteiger partial charge on any atom is -0.392 e. The van der Waals surface area contributed by atoms with Crippen LogP contribution in [0.3, 0.4) is 0 Å². The van der Waals surface area contributed by atoms with Gasteiger partial charge in [0.25, 0.3) is 0 Å². The summed E-state index contributed by atoms with van der Waals surface area (Å²) in [7, 11) is 0. The summed E-state index contributed by atoms with van der Waals surface area (Å²) in [5.74, 6) is 0. The van der Waals surface area contributed by atoms with Gasteiger partial charge in [-0.15, -0.1) is 0 Å². The van der Waals surface area contributed by atoms with E-state index >= 15 is 0 Å². The Bertz CT molecular complexity index is 170. The zero-order valence-electron chi connectivity index (χ0n) is 5.88. The van der Waals surface area contributed by atoms with Gasteiger partial charge in [-0.2, -0.15) is 0 Å². The minimum absolute atomic E-state index is 0.122. The molecule has 1 rings (SSSR count).